The molecule has 0 spiro atoms. The van der Waals surface area contributed by atoms with E-state index in [0.29, 0.717) is 17.9 Å². The predicted octanol–water partition coefficient (Wildman–Crippen LogP) is 6.86. The van der Waals surface area contributed by atoms with Crippen LogP contribution in [0.15, 0.2) is 53.4 Å². The first kappa shape index (κ1) is 24.1. The van der Waals surface area contributed by atoms with E-state index >= 15 is 0 Å². The van der Waals surface area contributed by atoms with Gasteiger partial charge in [0.05, 0.1) is 21.3 Å². The third-order valence-electron chi connectivity index (χ3n) is 5.89. The number of rotatable bonds is 6. The molecular weight excluding hydrogens is 449 g/mol. The van der Waals surface area contributed by atoms with Crippen LogP contribution in [-0.2, 0) is 20.8 Å². The van der Waals surface area contributed by atoms with Crippen molar-refractivity contribution in [2.75, 3.05) is 6.61 Å². The maximum Gasteiger partial charge on any atom is 0.416 e. The van der Waals surface area contributed by atoms with Crippen molar-refractivity contribution < 1.29 is 26.3 Å². The Morgan fingerprint density at radius 2 is 1.84 bits per heavy atom. The SMILES string of the molecule is CC(C)CCC1(S(=O)(=O)c2cccc(C(F)(F)F)c2)CCOC(c2ccc(Cl)cc2)C1. The first-order valence-corrected chi connectivity index (χ1v) is 12.1. The first-order chi connectivity index (χ1) is 14.4. The summed E-state index contributed by atoms with van der Waals surface area (Å²) >= 11 is 5.97. The summed E-state index contributed by atoms with van der Waals surface area (Å²) in [5.74, 6) is 0.255. The van der Waals surface area contributed by atoms with Crippen LogP contribution in [0, 0.1) is 5.92 Å². The second-order valence-corrected chi connectivity index (χ2v) is 11.3. The van der Waals surface area contributed by atoms with Crippen LogP contribution >= 0.6 is 11.6 Å². The Labute approximate surface area is 186 Å². The Morgan fingerprint density at radius 1 is 1.16 bits per heavy atom. The Hall–Kier alpha value is -1.57. The standard InChI is InChI=1S/C23H26ClF3O3S/c1-16(2)10-11-22(12-13-30-21(15-22)17-6-8-19(24)9-7-17)31(28,29)20-5-3-4-18(14-20)23(25,26)27/h3-9,14,16,21H,10-13,15H2,1-2H3. The quantitative estimate of drug-likeness (QED) is 0.459. The molecule has 2 aromatic rings. The van der Waals surface area contributed by atoms with Crippen molar-refractivity contribution in [3.05, 3.63) is 64.7 Å². The van der Waals surface area contributed by atoms with Crippen LogP contribution in [0.1, 0.15) is 56.8 Å². The summed E-state index contributed by atoms with van der Waals surface area (Å²) in [5.41, 5.74) is -0.161. The molecule has 170 valence electrons. The number of hydrogen-bond acceptors (Lipinski definition) is 3. The van der Waals surface area contributed by atoms with Crippen LogP contribution in [-0.4, -0.2) is 19.8 Å². The predicted molar refractivity (Wildman–Crippen MR) is 115 cm³/mol. The van der Waals surface area contributed by atoms with Crippen LogP contribution in [0.4, 0.5) is 13.2 Å². The van der Waals surface area contributed by atoms with Crippen LogP contribution < -0.4 is 0 Å². The molecule has 0 aliphatic carbocycles. The minimum Gasteiger partial charge on any atom is -0.373 e. The normalized spacial score (nSPS) is 22.6. The summed E-state index contributed by atoms with van der Waals surface area (Å²) in [6.07, 6.45) is -3.67. The fourth-order valence-corrected chi connectivity index (χ4v) is 6.30. The Kier molecular flexibility index (Phi) is 7.08. The van der Waals surface area contributed by atoms with Crippen LogP contribution in [0.25, 0.3) is 0 Å². The van der Waals surface area contributed by atoms with Gasteiger partial charge in [0.2, 0.25) is 0 Å². The molecular formula is C23H26ClF3O3S. The number of ether oxygens (including phenoxy) is 1. The molecule has 3 rings (SSSR count). The average molecular weight is 475 g/mol. The number of halogens is 4. The minimum absolute atomic E-state index is 0.180. The molecule has 1 saturated heterocycles. The molecule has 2 unspecified atom stereocenters. The van der Waals surface area contributed by atoms with Gasteiger partial charge in [0.15, 0.2) is 9.84 Å². The van der Waals surface area contributed by atoms with E-state index in [-0.39, 0.29) is 30.3 Å². The van der Waals surface area contributed by atoms with E-state index in [1.165, 1.54) is 6.07 Å². The lowest BCUT2D eigenvalue weighted by Gasteiger charge is -2.41. The average Bonchev–Trinajstić information content (AvgIpc) is 2.72. The van der Waals surface area contributed by atoms with Gasteiger partial charge < -0.3 is 4.74 Å². The lowest BCUT2D eigenvalue weighted by molar-refractivity contribution is -0.137. The molecule has 2 atom stereocenters. The molecule has 1 aliphatic heterocycles. The third kappa shape index (κ3) is 5.26. The van der Waals surface area contributed by atoms with E-state index < -0.39 is 32.4 Å². The Balaban J connectivity index is 2.04. The molecule has 1 aliphatic rings. The van der Waals surface area contributed by atoms with Gasteiger partial charge in [0.1, 0.15) is 0 Å². The summed E-state index contributed by atoms with van der Waals surface area (Å²) in [7, 11) is -4.06. The maximum atomic E-state index is 13.8. The minimum atomic E-state index is -4.61. The van der Waals surface area contributed by atoms with E-state index in [4.69, 9.17) is 16.3 Å². The van der Waals surface area contributed by atoms with Crippen molar-refractivity contribution in [1.29, 1.82) is 0 Å². The number of benzene rings is 2. The van der Waals surface area contributed by atoms with Crippen molar-refractivity contribution in [2.45, 2.75) is 61.5 Å². The highest BCUT2D eigenvalue weighted by atomic mass is 35.5. The Morgan fingerprint density at radius 3 is 2.45 bits per heavy atom. The molecule has 0 N–H and O–H groups in total. The van der Waals surface area contributed by atoms with Crippen molar-refractivity contribution in [3.8, 4) is 0 Å². The van der Waals surface area contributed by atoms with Gasteiger partial charge in [-0.3, -0.25) is 0 Å². The molecule has 3 nitrogen and oxygen atoms in total. The zero-order valence-corrected chi connectivity index (χ0v) is 19.0. The van der Waals surface area contributed by atoms with E-state index in [0.717, 1.165) is 23.8 Å². The lowest BCUT2D eigenvalue weighted by atomic mass is 9.86. The summed E-state index contributed by atoms with van der Waals surface area (Å²) in [6, 6.07) is 11.1. The first-order valence-electron chi connectivity index (χ1n) is 10.2. The second-order valence-electron chi connectivity index (χ2n) is 8.51. The highest BCUT2D eigenvalue weighted by Gasteiger charge is 2.48. The van der Waals surface area contributed by atoms with Gasteiger partial charge in [0.25, 0.3) is 0 Å². The fraction of sp³-hybridized carbons (Fsp3) is 0.478. The van der Waals surface area contributed by atoms with Crippen LogP contribution in [0.3, 0.4) is 0 Å². The summed E-state index contributed by atoms with van der Waals surface area (Å²) in [5, 5.41) is 0.558. The van der Waals surface area contributed by atoms with Gasteiger partial charge in [-0.05, 0) is 67.5 Å². The van der Waals surface area contributed by atoms with Gasteiger partial charge in [-0.15, -0.1) is 0 Å². The van der Waals surface area contributed by atoms with E-state index in [1.54, 1.807) is 24.3 Å². The zero-order chi connectivity index (χ0) is 22.9. The topological polar surface area (TPSA) is 43.4 Å². The molecule has 1 heterocycles. The summed E-state index contributed by atoms with van der Waals surface area (Å²) < 4.78 is 72.0. The summed E-state index contributed by atoms with van der Waals surface area (Å²) in [6.45, 7) is 4.21. The smallest absolute Gasteiger partial charge is 0.373 e. The molecule has 0 amide bonds. The number of sulfone groups is 1. The van der Waals surface area contributed by atoms with Crippen LogP contribution in [0.5, 0.6) is 0 Å². The van der Waals surface area contributed by atoms with E-state index in [9.17, 15) is 21.6 Å². The molecule has 2 aromatic carbocycles. The van der Waals surface area contributed by atoms with Crippen molar-refractivity contribution in [3.63, 3.8) is 0 Å². The van der Waals surface area contributed by atoms with Crippen molar-refractivity contribution >= 4 is 21.4 Å². The molecule has 0 saturated carbocycles. The second kappa shape index (κ2) is 9.12. The highest BCUT2D eigenvalue weighted by molar-refractivity contribution is 7.92. The van der Waals surface area contributed by atoms with E-state index in [2.05, 4.69) is 0 Å². The Bertz CT molecular complexity index is 1000. The third-order valence-corrected chi connectivity index (χ3v) is 8.74. The zero-order valence-electron chi connectivity index (χ0n) is 17.5. The molecule has 0 radical (unpaired) electrons. The van der Waals surface area contributed by atoms with Gasteiger partial charge in [-0.2, -0.15) is 13.2 Å². The highest BCUT2D eigenvalue weighted by Crippen LogP contribution is 2.46. The van der Waals surface area contributed by atoms with Crippen molar-refractivity contribution in [2.24, 2.45) is 5.92 Å². The van der Waals surface area contributed by atoms with Gasteiger partial charge in [-0.1, -0.05) is 43.6 Å². The van der Waals surface area contributed by atoms with Gasteiger partial charge in [0, 0.05) is 11.6 Å². The molecule has 0 bridgehead atoms. The molecule has 1 fully saturated rings. The number of alkyl halides is 3. The number of hydrogen-bond donors (Lipinski definition) is 0. The summed E-state index contributed by atoms with van der Waals surface area (Å²) in [4.78, 5) is -0.289. The van der Waals surface area contributed by atoms with Crippen molar-refractivity contribution in [1.82, 2.24) is 0 Å². The largest absolute Gasteiger partial charge is 0.416 e. The van der Waals surface area contributed by atoms with Gasteiger partial charge >= 0.3 is 6.18 Å². The monoisotopic (exact) mass is 474 g/mol. The molecule has 8 heteroatoms. The van der Waals surface area contributed by atoms with E-state index in [1.807, 2.05) is 13.8 Å². The molecule has 31 heavy (non-hydrogen) atoms. The lowest BCUT2D eigenvalue weighted by Crippen LogP contribution is -2.45. The van der Waals surface area contributed by atoms with Crippen LogP contribution in [0.2, 0.25) is 5.02 Å². The molecule has 0 aromatic heterocycles. The maximum absolute atomic E-state index is 13.8. The van der Waals surface area contributed by atoms with Gasteiger partial charge in [-0.25, -0.2) is 8.42 Å². The fourth-order valence-electron chi connectivity index (χ4n) is 4.02.